The minimum Gasteiger partial charge on any atom is -0.491 e. The highest BCUT2D eigenvalue weighted by molar-refractivity contribution is 9.10. The van der Waals surface area contributed by atoms with Crippen LogP contribution < -0.4 is 10.1 Å². The van der Waals surface area contributed by atoms with E-state index in [-0.39, 0.29) is 17.6 Å². The molecule has 0 atom stereocenters. The highest BCUT2D eigenvalue weighted by Gasteiger charge is 2.11. The summed E-state index contributed by atoms with van der Waals surface area (Å²) >= 11 is 3.24. The van der Waals surface area contributed by atoms with Gasteiger partial charge in [-0.1, -0.05) is 0 Å². The molecule has 21 heavy (non-hydrogen) atoms. The highest BCUT2D eigenvalue weighted by Crippen LogP contribution is 2.21. The monoisotopic (exact) mass is 351 g/mol. The number of hydrogen-bond acceptors (Lipinski definition) is 2. The van der Waals surface area contributed by atoms with E-state index in [1.807, 2.05) is 13.8 Å². The number of benzene rings is 2. The van der Waals surface area contributed by atoms with Crippen molar-refractivity contribution < 1.29 is 13.9 Å². The lowest BCUT2D eigenvalue weighted by Crippen LogP contribution is -2.13. The number of anilines is 1. The van der Waals surface area contributed by atoms with E-state index < -0.39 is 5.82 Å². The molecule has 0 aliphatic heterocycles. The van der Waals surface area contributed by atoms with Crippen molar-refractivity contribution in [1.82, 2.24) is 0 Å². The van der Waals surface area contributed by atoms with Crippen molar-refractivity contribution in [2.45, 2.75) is 20.0 Å². The number of ether oxygens (including phenoxy) is 1. The topological polar surface area (TPSA) is 38.3 Å². The zero-order chi connectivity index (χ0) is 15.4. The number of carbonyl (C=O) groups is 1. The zero-order valence-electron chi connectivity index (χ0n) is 11.7. The second kappa shape index (κ2) is 6.72. The van der Waals surface area contributed by atoms with Gasteiger partial charge in [-0.25, -0.2) is 4.39 Å². The van der Waals surface area contributed by atoms with Gasteiger partial charge in [-0.3, -0.25) is 4.79 Å². The molecule has 110 valence electrons. The van der Waals surface area contributed by atoms with Crippen LogP contribution in [0.1, 0.15) is 24.2 Å². The Kier molecular flexibility index (Phi) is 4.96. The smallest absolute Gasteiger partial charge is 0.256 e. The second-order valence-corrected chi connectivity index (χ2v) is 5.62. The van der Waals surface area contributed by atoms with Gasteiger partial charge in [-0.2, -0.15) is 0 Å². The number of nitrogens with one attached hydrogen (secondary N) is 1. The summed E-state index contributed by atoms with van der Waals surface area (Å²) < 4.78 is 19.3. The molecule has 3 nitrogen and oxygen atoms in total. The molecule has 0 bridgehead atoms. The Hall–Kier alpha value is -1.88. The van der Waals surface area contributed by atoms with Gasteiger partial charge in [0.15, 0.2) is 0 Å². The first-order valence-electron chi connectivity index (χ1n) is 6.49. The van der Waals surface area contributed by atoms with Crippen LogP contribution in [0.15, 0.2) is 46.9 Å². The van der Waals surface area contributed by atoms with Gasteiger partial charge in [0.2, 0.25) is 0 Å². The van der Waals surface area contributed by atoms with Gasteiger partial charge in [0.05, 0.1) is 11.7 Å². The molecule has 2 aromatic carbocycles. The lowest BCUT2D eigenvalue weighted by Gasteiger charge is -2.11. The molecule has 0 aliphatic carbocycles. The zero-order valence-corrected chi connectivity index (χ0v) is 13.3. The second-order valence-electron chi connectivity index (χ2n) is 4.77. The average Bonchev–Trinajstić information content (AvgIpc) is 2.43. The molecule has 0 aliphatic rings. The SMILES string of the molecule is CC(C)Oc1ccc(NC(=O)c2cc(F)ccc2Br)cc1. The maximum absolute atomic E-state index is 13.2. The molecule has 1 N–H and O–H groups in total. The van der Waals surface area contributed by atoms with Gasteiger partial charge < -0.3 is 10.1 Å². The van der Waals surface area contributed by atoms with E-state index in [2.05, 4.69) is 21.2 Å². The van der Waals surface area contributed by atoms with Crippen LogP contribution in [0, 0.1) is 5.82 Å². The number of rotatable bonds is 4. The van der Waals surface area contributed by atoms with Crippen LogP contribution in [0.4, 0.5) is 10.1 Å². The molecular weight excluding hydrogens is 337 g/mol. The van der Waals surface area contributed by atoms with Crippen LogP contribution in [0.25, 0.3) is 0 Å². The van der Waals surface area contributed by atoms with E-state index in [1.165, 1.54) is 18.2 Å². The summed E-state index contributed by atoms with van der Waals surface area (Å²) in [6, 6.07) is 11.0. The molecule has 0 saturated heterocycles. The Labute approximate surface area is 131 Å². The van der Waals surface area contributed by atoms with Crippen molar-refractivity contribution in [3.8, 4) is 5.75 Å². The molecule has 5 heteroatoms. The highest BCUT2D eigenvalue weighted by atomic mass is 79.9. The van der Waals surface area contributed by atoms with E-state index in [0.29, 0.717) is 10.2 Å². The van der Waals surface area contributed by atoms with Crippen LogP contribution in [0.2, 0.25) is 0 Å². The Morgan fingerprint density at radius 3 is 2.48 bits per heavy atom. The third kappa shape index (κ3) is 4.29. The predicted octanol–water partition coefficient (Wildman–Crippen LogP) is 4.63. The maximum atomic E-state index is 13.2. The summed E-state index contributed by atoms with van der Waals surface area (Å²) in [5.41, 5.74) is 0.866. The fourth-order valence-corrected chi connectivity index (χ4v) is 2.19. The Morgan fingerprint density at radius 2 is 1.86 bits per heavy atom. The first kappa shape index (κ1) is 15.5. The number of hydrogen-bond donors (Lipinski definition) is 1. The molecule has 0 aromatic heterocycles. The van der Waals surface area contributed by atoms with E-state index >= 15 is 0 Å². The van der Waals surface area contributed by atoms with Crippen molar-refractivity contribution >= 4 is 27.5 Å². The number of carbonyl (C=O) groups excluding carboxylic acids is 1. The van der Waals surface area contributed by atoms with Gasteiger partial charge in [-0.05, 0) is 72.2 Å². The fraction of sp³-hybridized carbons (Fsp3) is 0.188. The molecule has 0 fully saturated rings. The quantitative estimate of drug-likeness (QED) is 0.872. The summed E-state index contributed by atoms with van der Waals surface area (Å²) in [6.45, 7) is 3.88. The van der Waals surface area contributed by atoms with Crippen LogP contribution in [0.3, 0.4) is 0 Å². The molecule has 0 unspecified atom stereocenters. The lowest BCUT2D eigenvalue weighted by molar-refractivity contribution is 0.102. The largest absolute Gasteiger partial charge is 0.491 e. The fourth-order valence-electron chi connectivity index (χ4n) is 1.76. The molecule has 0 saturated carbocycles. The van der Waals surface area contributed by atoms with E-state index in [0.717, 1.165) is 5.75 Å². The summed E-state index contributed by atoms with van der Waals surface area (Å²) in [5.74, 6) is -0.0992. The Morgan fingerprint density at radius 1 is 1.19 bits per heavy atom. The minimum atomic E-state index is -0.455. The minimum absolute atomic E-state index is 0.0914. The first-order valence-corrected chi connectivity index (χ1v) is 7.28. The molecule has 0 heterocycles. The molecule has 2 aromatic rings. The Bertz CT molecular complexity index is 641. The van der Waals surface area contributed by atoms with Crippen molar-refractivity contribution in [1.29, 1.82) is 0 Å². The van der Waals surface area contributed by atoms with Gasteiger partial charge in [-0.15, -0.1) is 0 Å². The summed E-state index contributed by atoms with van der Waals surface area (Å²) in [6.07, 6.45) is 0.0914. The van der Waals surface area contributed by atoms with Crippen molar-refractivity contribution in [3.63, 3.8) is 0 Å². The first-order chi connectivity index (χ1) is 9.95. The molecule has 0 radical (unpaired) electrons. The molecule has 1 amide bonds. The van der Waals surface area contributed by atoms with Crippen LogP contribution in [-0.2, 0) is 0 Å². The molecular formula is C16H15BrFNO2. The third-order valence-corrected chi connectivity index (χ3v) is 3.35. The van der Waals surface area contributed by atoms with Gasteiger partial charge in [0.25, 0.3) is 5.91 Å². The average molecular weight is 352 g/mol. The van der Waals surface area contributed by atoms with Crippen molar-refractivity contribution in [3.05, 3.63) is 58.3 Å². The number of amides is 1. The predicted molar refractivity (Wildman–Crippen MR) is 84.3 cm³/mol. The number of halogens is 2. The van der Waals surface area contributed by atoms with Crippen molar-refractivity contribution in [2.75, 3.05) is 5.32 Å². The van der Waals surface area contributed by atoms with Gasteiger partial charge >= 0.3 is 0 Å². The van der Waals surface area contributed by atoms with Crippen LogP contribution >= 0.6 is 15.9 Å². The van der Waals surface area contributed by atoms with Gasteiger partial charge in [0, 0.05) is 10.2 Å². The van der Waals surface area contributed by atoms with Gasteiger partial charge in [0.1, 0.15) is 11.6 Å². The molecule has 2 rings (SSSR count). The van der Waals surface area contributed by atoms with Crippen LogP contribution in [0.5, 0.6) is 5.75 Å². The maximum Gasteiger partial charge on any atom is 0.256 e. The molecule has 0 spiro atoms. The summed E-state index contributed by atoms with van der Waals surface area (Å²) in [7, 11) is 0. The van der Waals surface area contributed by atoms with Crippen LogP contribution in [-0.4, -0.2) is 12.0 Å². The van der Waals surface area contributed by atoms with Crippen molar-refractivity contribution in [2.24, 2.45) is 0 Å². The van der Waals surface area contributed by atoms with E-state index in [1.54, 1.807) is 24.3 Å². The van der Waals surface area contributed by atoms with E-state index in [4.69, 9.17) is 4.74 Å². The Balaban J connectivity index is 2.10. The summed E-state index contributed by atoms with van der Waals surface area (Å²) in [5, 5.41) is 2.72. The standard InChI is InChI=1S/C16H15BrFNO2/c1-10(2)21-13-6-4-12(5-7-13)19-16(20)14-9-11(18)3-8-15(14)17/h3-10H,1-2H3,(H,19,20). The lowest BCUT2D eigenvalue weighted by atomic mass is 10.2. The normalized spacial score (nSPS) is 10.5. The third-order valence-electron chi connectivity index (χ3n) is 2.66. The summed E-state index contributed by atoms with van der Waals surface area (Å²) in [4.78, 5) is 12.1. The van der Waals surface area contributed by atoms with E-state index in [9.17, 15) is 9.18 Å².